The first kappa shape index (κ1) is 29.3. The second-order valence-electron chi connectivity index (χ2n) is 11.2. The molecule has 2 N–H and O–H groups in total. The van der Waals surface area contributed by atoms with Gasteiger partial charge in [0.25, 0.3) is 5.91 Å². The van der Waals surface area contributed by atoms with Gasteiger partial charge in [-0.05, 0) is 75.8 Å². The number of thiophene rings is 1. The van der Waals surface area contributed by atoms with Gasteiger partial charge in [-0.15, -0.1) is 11.3 Å². The Balaban J connectivity index is 1.22. The third-order valence-corrected chi connectivity index (χ3v) is 8.74. The number of aryl methyl sites for hydroxylation is 1. The molecule has 4 heterocycles. The summed E-state index contributed by atoms with van der Waals surface area (Å²) < 4.78 is 5.98. The molecule has 2 aromatic heterocycles. The molecule has 2 aromatic carbocycles. The van der Waals surface area contributed by atoms with Crippen molar-refractivity contribution < 1.29 is 19.1 Å². The standard InChI is InChI=1S/C33H34N6O4S/c1-21-19-24(43-23-10-5-4-6-11-23)13-14-25(21)39-26-15-16-34-32-28(26)29(36-33(39)42)30(44-32)31(41)35-22-9-7-18-38(20-22)27(40)12-8-17-37(2)3/h4-6,8,10-16,19,22H,7,9,17-18,20H2,1-3H3,(H,35,41)(H,36,42)/b12-8+/t22-/m1/s1. The number of rotatable bonds is 8. The lowest BCUT2D eigenvalue weighted by atomic mass is 10.0. The highest BCUT2D eigenvalue weighted by Gasteiger charge is 2.34. The molecular formula is C33H34N6O4S. The topological polar surface area (TPSA) is 107 Å². The van der Waals surface area contributed by atoms with Crippen LogP contribution in [0.3, 0.4) is 0 Å². The van der Waals surface area contributed by atoms with Crippen molar-refractivity contribution in [3.63, 3.8) is 0 Å². The van der Waals surface area contributed by atoms with Crippen molar-refractivity contribution in [3.05, 3.63) is 83.4 Å². The normalized spacial score (nSPS) is 16.5. The van der Waals surface area contributed by atoms with Crippen molar-refractivity contribution in [2.75, 3.05) is 43.9 Å². The van der Waals surface area contributed by atoms with Crippen LogP contribution in [0, 0.1) is 6.92 Å². The van der Waals surface area contributed by atoms with Crippen LogP contribution in [0.1, 0.15) is 28.1 Å². The third-order valence-electron chi connectivity index (χ3n) is 7.64. The molecule has 10 nitrogen and oxygen atoms in total. The van der Waals surface area contributed by atoms with Crippen molar-refractivity contribution in [3.8, 4) is 11.5 Å². The molecule has 1 atom stereocenters. The summed E-state index contributed by atoms with van der Waals surface area (Å²) in [6, 6.07) is 16.3. The van der Waals surface area contributed by atoms with E-state index in [1.807, 2.05) is 80.5 Å². The van der Waals surface area contributed by atoms with E-state index in [9.17, 15) is 14.4 Å². The molecule has 11 heteroatoms. The number of urea groups is 1. The van der Waals surface area contributed by atoms with E-state index in [-0.39, 0.29) is 23.9 Å². The molecule has 6 rings (SSSR count). The molecule has 2 aliphatic rings. The molecule has 1 fully saturated rings. The Morgan fingerprint density at radius 3 is 2.73 bits per heavy atom. The van der Waals surface area contributed by atoms with Gasteiger partial charge in [-0.25, -0.2) is 9.78 Å². The molecule has 0 unspecified atom stereocenters. The predicted octanol–water partition coefficient (Wildman–Crippen LogP) is 5.92. The first-order valence-corrected chi connectivity index (χ1v) is 15.4. The number of carbonyl (C=O) groups is 3. The molecule has 0 saturated carbocycles. The van der Waals surface area contributed by atoms with E-state index in [1.54, 1.807) is 28.1 Å². The number of hydrogen-bond donors (Lipinski definition) is 2. The number of amides is 4. The lowest BCUT2D eigenvalue weighted by Crippen LogP contribution is -2.49. The number of piperidine rings is 1. The van der Waals surface area contributed by atoms with Crippen LogP contribution in [0.25, 0.3) is 10.2 Å². The van der Waals surface area contributed by atoms with E-state index in [1.165, 1.54) is 11.3 Å². The summed E-state index contributed by atoms with van der Waals surface area (Å²) in [7, 11) is 3.89. The predicted molar refractivity (Wildman–Crippen MR) is 173 cm³/mol. The average Bonchev–Trinajstić information content (AvgIpc) is 3.38. The largest absolute Gasteiger partial charge is 0.457 e. The van der Waals surface area contributed by atoms with Gasteiger partial charge in [0.05, 0.1) is 22.4 Å². The van der Waals surface area contributed by atoms with E-state index < -0.39 is 0 Å². The molecule has 0 radical (unpaired) electrons. The highest BCUT2D eigenvalue weighted by Crippen LogP contribution is 2.46. The second kappa shape index (κ2) is 12.5. The highest BCUT2D eigenvalue weighted by molar-refractivity contribution is 7.21. The number of ether oxygens (including phenoxy) is 1. The van der Waals surface area contributed by atoms with Crippen molar-refractivity contribution >= 4 is 56.5 Å². The number of carbonyl (C=O) groups excluding carboxylic acids is 3. The van der Waals surface area contributed by atoms with Crippen LogP contribution in [0.4, 0.5) is 21.9 Å². The number of aromatic nitrogens is 1. The molecule has 0 bridgehead atoms. The molecule has 0 aliphatic carbocycles. The quantitative estimate of drug-likeness (QED) is 0.240. The van der Waals surface area contributed by atoms with Crippen LogP contribution in [0.2, 0.25) is 0 Å². The van der Waals surface area contributed by atoms with E-state index in [0.717, 1.165) is 29.5 Å². The summed E-state index contributed by atoms with van der Waals surface area (Å²) in [5.41, 5.74) is 2.67. The summed E-state index contributed by atoms with van der Waals surface area (Å²) in [6.07, 6.45) is 6.66. The minimum atomic E-state index is -0.365. The number of nitrogens with one attached hydrogen (secondary N) is 2. The SMILES string of the molecule is Cc1cc(Oc2ccccc2)ccc1N1C(=O)Nc2c(C(=O)N[C@@H]3CCCN(C(=O)/C=C/CN(C)C)C3)sc3nccc1c23. The van der Waals surface area contributed by atoms with Crippen molar-refractivity contribution in [1.29, 1.82) is 0 Å². The highest BCUT2D eigenvalue weighted by atomic mass is 32.1. The third kappa shape index (κ3) is 6.01. The zero-order chi connectivity index (χ0) is 30.8. The molecule has 4 amide bonds. The fraction of sp³-hybridized carbons (Fsp3) is 0.273. The average molecular weight is 611 g/mol. The van der Waals surface area contributed by atoms with E-state index in [0.29, 0.717) is 52.2 Å². The fourth-order valence-electron chi connectivity index (χ4n) is 5.57. The first-order chi connectivity index (χ1) is 21.3. The summed E-state index contributed by atoms with van der Waals surface area (Å²) in [4.78, 5) is 50.8. The van der Waals surface area contributed by atoms with Gasteiger partial charge >= 0.3 is 6.03 Å². The smallest absolute Gasteiger partial charge is 0.331 e. The van der Waals surface area contributed by atoms with Gasteiger partial charge in [-0.3, -0.25) is 14.5 Å². The maximum Gasteiger partial charge on any atom is 0.331 e. The van der Waals surface area contributed by atoms with Crippen LogP contribution in [0.15, 0.2) is 72.9 Å². The number of pyridine rings is 1. The van der Waals surface area contributed by atoms with E-state index >= 15 is 0 Å². The van der Waals surface area contributed by atoms with Crippen LogP contribution in [0.5, 0.6) is 11.5 Å². The molecule has 2 aliphatic heterocycles. The van der Waals surface area contributed by atoms with Crippen LogP contribution >= 0.6 is 11.3 Å². The van der Waals surface area contributed by atoms with Gasteiger partial charge in [0.1, 0.15) is 21.2 Å². The Morgan fingerprint density at radius 2 is 1.95 bits per heavy atom. The zero-order valence-electron chi connectivity index (χ0n) is 24.9. The van der Waals surface area contributed by atoms with E-state index in [2.05, 4.69) is 15.6 Å². The lowest BCUT2D eigenvalue weighted by Gasteiger charge is -2.32. The van der Waals surface area contributed by atoms with Crippen LogP contribution in [-0.2, 0) is 4.79 Å². The summed E-state index contributed by atoms with van der Waals surface area (Å²) in [5, 5.41) is 6.79. The maximum atomic E-state index is 13.6. The van der Waals surface area contributed by atoms with Crippen molar-refractivity contribution in [2.24, 2.45) is 0 Å². The van der Waals surface area contributed by atoms with Gasteiger partial charge in [-0.1, -0.05) is 24.3 Å². The minimum Gasteiger partial charge on any atom is -0.457 e. The lowest BCUT2D eigenvalue weighted by molar-refractivity contribution is -0.127. The molecule has 0 spiro atoms. The number of likely N-dealkylation sites (tertiary alicyclic amines) is 1. The Morgan fingerprint density at radius 1 is 1.14 bits per heavy atom. The Hall–Kier alpha value is -4.74. The van der Waals surface area contributed by atoms with E-state index in [4.69, 9.17) is 4.74 Å². The fourth-order valence-corrected chi connectivity index (χ4v) is 6.59. The van der Waals surface area contributed by atoms with Crippen LogP contribution < -0.4 is 20.3 Å². The summed E-state index contributed by atoms with van der Waals surface area (Å²) in [6.45, 7) is 3.70. The number of benzene rings is 2. The molecule has 226 valence electrons. The minimum absolute atomic E-state index is 0.0566. The maximum absolute atomic E-state index is 13.6. The van der Waals surface area contributed by atoms with Gasteiger partial charge < -0.3 is 25.2 Å². The number of hydrogen-bond acceptors (Lipinski definition) is 7. The molecule has 1 saturated heterocycles. The van der Waals surface area contributed by atoms with Crippen LogP contribution in [-0.4, -0.2) is 72.4 Å². The first-order valence-electron chi connectivity index (χ1n) is 14.6. The monoisotopic (exact) mass is 610 g/mol. The Kier molecular flexibility index (Phi) is 8.32. The molecular weight excluding hydrogens is 576 g/mol. The van der Waals surface area contributed by atoms with Gasteiger partial charge in [0.15, 0.2) is 0 Å². The number of likely N-dealkylation sites (N-methyl/N-ethyl adjacent to an activating group) is 1. The Labute approximate surface area is 259 Å². The van der Waals surface area contributed by atoms with Gasteiger partial charge in [0.2, 0.25) is 5.91 Å². The number of para-hydroxylation sites is 1. The second-order valence-corrected chi connectivity index (χ2v) is 12.2. The van der Waals surface area contributed by atoms with Gasteiger partial charge in [0, 0.05) is 37.9 Å². The molecule has 4 aromatic rings. The van der Waals surface area contributed by atoms with Crippen molar-refractivity contribution in [1.82, 2.24) is 20.1 Å². The zero-order valence-corrected chi connectivity index (χ0v) is 25.7. The number of anilines is 3. The van der Waals surface area contributed by atoms with Gasteiger partial charge in [-0.2, -0.15) is 0 Å². The summed E-state index contributed by atoms with van der Waals surface area (Å²) in [5.74, 6) is 1.05. The number of nitrogens with zero attached hydrogens (tertiary/aromatic N) is 4. The molecule has 44 heavy (non-hydrogen) atoms. The summed E-state index contributed by atoms with van der Waals surface area (Å²) >= 11 is 1.25. The van der Waals surface area contributed by atoms with Crippen molar-refractivity contribution in [2.45, 2.75) is 25.8 Å². The Bertz CT molecular complexity index is 1750.